The first-order chi connectivity index (χ1) is 10.3. The van der Waals surface area contributed by atoms with Gasteiger partial charge < -0.3 is 10.4 Å². The monoisotopic (exact) mass is 326 g/mol. The number of carbonyl (C=O) groups is 2. The fourth-order valence-corrected chi connectivity index (χ4v) is 2.90. The van der Waals surface area contributed by atoms with Crippen LogP contribution in [0.1, 0.15) is 18.4 Å². The van der Waals surface area contributed by atoms with E-state index in [4.69, 9.17) is 5.11 Å². The predicted octanol–water partition coefficient (Wildman–Crippen LogP) is 0.785. The van der Waals surface area contributed by atoms with Crippen LogP contribution in [0.5, 0.6) is 0 Å². The van der Waals surface area contributed by atoms with E-state index in [-0.39, 0.29) is 12.5 Å². The van der Waals surface area contributed by atoms with Gasteiger partial charge in [-0.25, -0.2) is 8.42 Å². The maximum Gasteiger partial charge on any atom is 0.307 e. The summed E-state index contributed by atoms with van der Waals surface area (Å²) in [7, 11) is -3.31. The Kier molecular flexibility index (Phi) is 4.70. The molecule has 7 nitrogen and oxygen atoms in total. The Morgan fingerprint density at radius 1 is 1.18 bits per heavy atom. The molecule has 0 spiro atoms. The van der Waals surface area contributed by atoms with E-state index in [0.717, 1.165) is 11.8 Å². The third-order valence-electron chi connectivity index (χ3n) is 3.65. The van der Waals surface area contributed by atoms with Crippen molar-refractivity contribution >= 4 is 27.6 Å². The number of hydrogen-bond donors (Lipinski definition) is 3. The number of nitrogens with one attached hydrogen (secondary N) is 2. The van der Waals surface area contributed by atoms with Crippen molar-refractivity contribution in [2.24, 2.45) is 11.8 Å². The van der Waals surface area contributed by atoms with Crippen molar-refractivity contribution in [3.05, 3.63) is 29.8 Å². The minimum atomic E-state index is -3.31. The predicted molar refractivity (Wildman–Crippen MR) is 80.6 cm³/mol. The molecule has 2 unspecified atom stereocenters. The molecule has 22 heavy (non-hydrogen) atoms. The molecule has 1 saturated carbocycles. The third kappa shape index (κ3) is 4.20. The Morgan fingerprint density at radius 2 is 1.77 bits per heavy atom. The fourth-order valence-electron chi connectivity index (χ4n) is 2.33. The summed E-state index contributed by atoms with van der Waals surface area (Å²) < 4.78 is 24.5. The van der Waals surface area contributed by atoms with Gasteiger partial charge in [0.05, 0.1) is 18.1 Å². The topological polar surface area (TPSA) is 113 Å². The summed E-state index contributed by atoms with van der Waals surface area (Å²) in [6, 6.07) is 6.60. The first-order valence-corrected chi connectivity index (χ1v) is 8.72. The molecule has 1 aromatic rings. The molecular weight excluding hydrogens is 308 g/mol. The van der Waals surface area contributed by atoms with Crippen LogP contribution in [0, 0.1) is 11.8 Å². The summed E-state index contributed by atoms with van der Waals surface area (Å²) in [5, 5.41) is 11.6. The third-order valence-corrected chi connectivity index (χ3v) is 4.26. The van der Waals surface area contributed by atoms with Gasteiger partial charge in [-0.2, -0.15) is 0 Å². The summed E-state index contributed by atoms with van der Waals surface area (Å²) in [5.41, 5.74) is 1.25. The molecule has 8 heteroatoms. The second-order valence-corrected chi connectivity index (χ2v) is 7.17. The Balaban J connectivity index is 1.87. The van der Waals surface area contributed by atoms with Crippen molar-refractivity contribution < 1.29 is 23.1 Å². The molecule has 1 aromatic carbocycles. The molecule has 1 fully saturated rings. The zero-order valence-corrected chi connectivity index (χ0v) is 12.9. The van der Waals surface area contributed by atoms with Gasteiger partial charge in [0.15, 0.2) is 0 Å². The van der Waals surface area contributed by atoms with Crippen molar-refractivity contribution in [3.63, 3.8) is 0 Å². The minimum absolute atomic E-state index is 0.253. The van der Waals surface area contributed by atoms with Gasteiger partial charge >= 0.3 is 5.97 Å². The van der Waals surface area contributed by atoms with Crippen LogP contribution in [-0.4, -0.2) is 31.7 Å². The number of aliphatic carboxylic acids is 1. The van der Waals surface area contributed by atoms with E-state index in [9.17, 15) is 18.0 Å². The van der Waals surface area contributed by atoms with E-state index in [2.05, 4.69) is 10.0 Å². The maximum absolute atomic E-state index is 11.9. The summed E-state index contributed by atoms with van der Waals surface area (Å²) in [5.74, 6) is -2.22. The van der Waals surface area contributed by atoms with E-state index in [1.807, 2.05) is 0 Å². The van der Waals surface area contributed by atoms with Crippen LogP contribution >= 0.6 is 0 Å². The van der Waals surface area contributed by atoms with Crippen LogP contribution in [0.15, 0.2) is 24.3 Å². The summed E-state index contributed by atoms with van der Waals surface area (Å²) in [4.78, 5) is 22.8. The van der Waals surface area contributed by atoms with E-state index < -0.39 is 27.8 Å². The van der Waals surface area contributed by atoms with Crippen LogP contribution in [0.2, 0.25) is 0 Å². The number of carboxylic acids is 1. The van der Waals surface area contributed by atoms with Crippen LogP contribution in [-0.2, 0) is 26.2 Å². The van der Waals surface area contributed by atoms with Gasteiger partial charge in [0.1, 0.15) is 0 Å². The SMILES string of the molecule is CS(=O)(=O)Nc1ccc(CNC(=O)C2CCC2C(=O)O)cc1. The lowest BCUT2D eigenvalue weighted by molar-refractivity contribution is -0.152. The average Bonchev–Trinajstić information content (AvgIpc) is 2.34. The van der Waals surface area contributed by atoms with Gasteiger partial charge in [0.25, 0.3) is 0 Å². The number of hydrogen-bond acceptors (Lipinski definition) is 4. The van der Waals surface area contributed by atoms with Gasteiger partial charge in [-0.15, -0.1) is 0 Å². The molecule has 1 aliphatic rings. The smallest absolute Gasteiger partial charge is 0.307 e. The lowest BCUT2D eigenvalue weighted by Gasteiger charge is -2.31. The number of anilines is 1. The lowest BCUT2D eigenvalue weighted by Crippen LogP contribution is -2.43. The van der Waals surface area contributed by atoms with Crippen molar-refractivity contribution in [2.75, 3.05) is 11.0 Å². The lowest BCUT2D eigenvalue weighted by atomic mass is 9.73. The molecule has 0 aliphatic heterocycles. The van der Waals surface area contributed by atoms with E-state index in [1.54, 1.807) is 24.3 Å². The Morgan fingerprint density at radius 3 is 2.23 bits per heavy atom. The summed E-state index contributed by atoms with van der Waals surface area (Å²) >= 11 is 0. The largest absolute Gasteiger partial charge is 0.481 e. The molecule has 3 N–H and O–H groups in total. The summed E-state index contributed by atoms with van der Waals surface area (Å²) in [6.07, 6.45) is 2.21. The number of carbonyl (C=O) groups excluding carboxylic acids is 1. The molecular formula is C14H18N2O5S. The van der Waals surface area contributed by atoms with E-state index in [1.165, 1.54) is 0 Å². The van der Waals surface area contributed by atoms with Crippen molar-refractivity contribution in [1.29, 1.82) is 0 Å². The van der Waals surface area contributed by atoms with Crippen LogP contribution < -0.4 is 10.0 Å². The highest BCUT2D eigenvalue weighted by Gasteiger charge is 2.41. The van der Waals surface area contributed by atoms with E-state index in [0.29, 0.717) is 18.5 Å². The average molecular weight is 326 g/mol. The van der Waals surface area contributed by atoms with E-state index >= 15 is 0 Å². The highest BCUT2D eigenvalue weighted by molar-refractivity contribution is 7.92. The van der Waals surface area contributed by atoms with Crippen LogP contribution in [0.25, 0.3) is 0 Å². The number of sulfonamides is 1. The first-order valence-electron chi connectivity index (χ1n) is 6.83. The fraction of sp³-hybridized carbons (Fsp3) is 0.429. The van der Waals surface area contributed by atoms with Gasteiger partial charge in [0, 0.05) is 12.2 Å². The highest BCUT2D eigenvalue weighted by atomic mass is 32.2. The van der Waals surface area contributed by atoms with Gasteiger partial charge in [-0.05, 0) is 30.5 Å². The molecule has 0 saturated heterocycles. The molecule has 1 aliphatic carbocycles. The Bertz CT molecular complexity index is 669. The van der Waals surface area contributed by atoms with Gasteiger partial charge in [-0.1, -0.05) is 12.1 Å². The Labute approximate surface area is 128 Å². The van der Waals surface area contributed by atoms with Crippen LogP contribution in [0.3, 0.4) is 0 Å². The number of benzene rings is 1. The molecule has 2 rings (SSSR count). The molecule has 120 valence electrons. The zero-order valence-electron chi connectivity index (χ0n) is 12.1. The van der Waals surface area contributed by atoms with Crippen LogP contribution in [0.4, 0.5) is 5.69 Å². The van der Waals surface area contributed by atoms with Crippen molar-refractivity contribution in [1.82, 2.24) is 5.32 Å². The standard InChI is InChI=1S/C14H18N2O5S/c1-22(20,21)16-10-4-2-9(3-5-10)8-15-13(17)11-6-7-12(11)14(18)19/h2-5,11-12,16H,6-8H2,1H3,(H,15,17)(H,18,19). The number of amides is 1. The van der Waals surface area contributed by atoms with Crippen molar-refractivity contribution in [2.45, 2.75) is 19.4 Å². The number of rotatable bonds is 6. The molecule has 0 aromatic heterocycles. The maximum atomic E-state index is 11.9. The van der Waals surface area contributed by atoms with Gasteiger partial charge in [0.2, 0.25) is 15.9 Å². The van der Waals surface area contributed by atoms with Gasteiger partial charge in [-0.3, -0.25) is 14.3 Å². The second-order valence-electron chi connectivity index (χ2n) is 5.42. The second kappa shape index (κ2) is 6.35. The molecule has 0 heterocycles. The summed E-state index contributed by atoms with van der Waals surface area (Å²) in [6.45, 7) is 0.279. The number of carboxylic acid groups (broad SMARTS) is 1. The molecule has 0 radical (unpaired) electrons. The molecule has 0 bridgehead atoms. The zero-order chi connectivity index (χ0) is 16.3. The van der Waals surface area contributed by atoms with Crippen molar-refractivity contribution in [3.8, 4) is 0 Å². The normalized spacial score (nSPS) is 20.8. The quantitative estimate of drug-likeness (QED) is 0.715. The highest BCUT2D eigenvalue weighted by Crippen LogP contribution is 2.34. The molecule has 1 amide bonds. The minimum Gasteiger partial charge on any atom is -0.481 e. The first kappa shape index (κ1) is 16.3. The Hall–Kier alpha value is -2.09. The molecule has 2 atom stereocenters.